The van der Waals surface area contributed by atoms with Gasteiger partial charge in [0, 0.05) is 0 Å². The molecule has 0 radical (unpaired) electrons. The molecule has 4 aliphatic rings. The Kier molecular flexibility index (Phi) is 12.2. The van der Waals surface area contributed by atoms with Crippen LogP contribution in [0.15, 0.2) is 36.4 Å². The van der Waals surface area contributed by atoms with Crippen molar-refractivity contribution in [1.29, 1.82) is 0 Å². The average molecular weight is 1100 g/mol. The highest BCUT2D eigenvalue weighted by atomic mass is 79.9. The van der Waals surface area contributed by atoms with Crippen LogP contribution in [0.5, 0.6) is 0 Å². The number of rotatable bonds is 12. The minimum atomic E-state index is -2.61. The molecule has 0 atom stereocenters. The minimum absolute atomic E-state index is 0.0884. The normalized spacial score (nSPS) is 23.0. The number of benzene rings is 3. The predicted octanol–water partition coefficient (Wildman–Crippen LogP) is 15.3. The number of halogens is 4. The van der Waals surface area contributed by atoms with E-state index in [0.717, 1.165) is 0 Å². The second kappa shape index (κ2) is 15.3. The van der Waals surface area contributed by atoms with Gasteiger partial charge < -0.3 is 0 Å². The number of fused-ring (bicyclic) bond motifs is 4. The van der Waals surface area contributed by atoms with E-state index < -0.39 is 10.6 Å². The standard InChI is InChI=1S/C54H78Br4Si2/c1-17-51(18-2)31-47(9,10)41-37(51)29-38-42(48(11,12)32-52(38,19-3)20-4)45(41)59(55,56)35-25-27-36(28-26-35)60(57,58)46-43-39(53(21-5,22-6)33-49(43,13)14)30-40-44(46)50(15,16)34-54(40,23-7)24-8/h25-30H,17-24,31-34H2,1-16H3. The zero-order valence-corrected chi connectivity index (χ0v) is 48.8. The summed E-state index contributed by atoms with van der Waals surface area (Å²) in [5.41, 5.74) is 14.5. The topological polar surface area (TPSA) is 0 Å². The first kappa shape index (κ1) is 48.0. The molecule has 0 nitrogen and oxygen atoms in total. The Morgan fingerprint density at radius 3 is 0.717 bits per heavy atom. The van der Waals surface area contributed by atoms with Crippen molar-refractivity contribution in [2.24, 2.45) is 0 Å². The lowest BCUT2D eigenvalue weighted by Gasteiger charge is -2.36. The highest BCUT2D eigenvalue weighted by molar-refractivity contribution is 9.52. The van der Waals surface area contributed by atoms with Crippen molar-refractivity contribution in [2.45, 2.75) is 231 Å². The molecule has 0 bridgehead atoms. The van der Waals surface area contributed by atoms with Crippen molar-refractivity contribution in [3.63, 3.8) is 0 Å². The van der Waals surface area contributed by atoms with E-state index in [1.54, 1.807) is 54.9 Å². The fourth-order valence-corrected chi connectivity index (χ4v) is 28.1. The lowest BCUT2D eigenvalue weighted by Crippen LogP contribution is -2.56. The van der Waals surface area contributed by atoms with Crippen molar-refractivity contribution in [3.8, 4) is 0 Å². The Bertz CT molecular complexity index is 1900. The van der Waals surface area contributed by atoms with Crippen molar-refractivity contribution in [3.05, 3.63) is 80.9 Å². The van der Waals surface area contributed by atoms with Crippen LogP contribution in [-0.4, -0.2) is 10.6 Å². The summed E-state index contributed by atoms with van der Waals surface area (Å²) in [6, 6.07) is 15.6. The second-order valence-corrected chi connectivity index (χ2v) is 48.2. The van der Waals surface area contributed by atoms with Gasteiger partial charge in [-0.15, -0.1) is 0 Å². The second-order valence-electron chi connectivity index (χ2n) is 23.1. The van der Waals surface area contributed by atoms with Crippen molar-refractivity contribution >= 4 is 92.5 Å². The largest absolute Gasteiger partial charge is 0.260 e. The Morgan fingerprint density at radius 2 is 0.550 bits per heavy atom. The Labute approximate surface area is 401 Å². The SMILES string of the molecule is CCC1(CC)CC(C)(C)c2c1cc1c(c2[Si](Br)(Br)c2ccc([Si](Br)(Br)c3c4c(cc5c3C(C)(C)CC5(CC)CC)C(CC)(CC)CC4(C)C)cc2)C(C)(C)CC1(CC)CC. The number of hydrogen-bond donors (Lipinski definition) is 0. The van der Waals surface area contributed by atoms with Gasteiger partial charge in [-0.05, 0) is 186 Å². The third kappa shape index (κ3) is 6.52. The lowest BCUT2D eigenvalue weighted by molar-refractivity contribution is 0.322. The van der Waals surface area contributed by atoms with Crippen LogP contribution in [0.25, 0.3) is 0 Å². The van der Waals surface area contributed by atoms with Gasteiger partial charge in [0.15, 0.2) is 0 Å². The molecule has 3 aromatic rings. The monoisotopic (exact) mass is 1100 g/mol. The zero-order chi connectivity index (χ0) is 44.7. The summed E-state index contributed by atoms with van der Waals surface area (Å²) in [5, 5.41) is 0.896. The maximum atomic E-state index is 4.70. The van der Waals surface area contributed by atoms with Crippen molar-refractivity contribution in [2.75, 3.05) is 0 Å². The summed E-state index contributed by atoms with van der Waals surface area (Å²) >= 11 is 18.8. The summed E-state index contributed by atoms with van der Waals surface area (Å²) in [4.78, 5) is 0. The van der Waals surface area contributed by atoms with E-state index in [4.69, 9.17) is 61.2 Å². The predicted molar refractivity (Wildman–Crippen MR) is 285 cm³/mol. The van der Waals surface area contributed by atoms with Gasteiger partial charge in [-0.3, -0.25) is 0 Å². The first-order chi connectivity index (χ1) is 27.7. The zero-order valence-electron chi connectivity index (χ0n) is 40.5. The summed E-state index contributed by atoms with van der Waals surface area (Å²) in [6.45, 7) is 40.1. The first-order valence-electron chi connectivity index (χ1n) is 24.0. The van der Waals surface area contributed by atoms with E-state index in [1.165, 1.54) is 87.4 Å². The van der Waals surface area contributed by atoms with E-state index in [0.29, 0.717) is 0 Å². The molecular formula is C54H78Br4Si2. The van der Waals surface area contributed by atoms with Crippen molar-refractivity contribution < 1.29 is 0 Å². The molecule has 0 aromatic heterocycles. The molecule has 7 rings (SSSR count). The Morgan fingerprint density at radius 1 is 0.367 bits per heavy atom. The van der Waals surface area contributed by atoms with E-state index >= 15 is 0 Å². The smallest absolute Gasteiger partial charge is 0.0987 e. The number of hydrogen-bond acceptors (Lipinski definition) is 0. The van der Waals surface area contributed by atoms with Gasteiger partial charge >= 0.3 is 0 Å². The van der Waals surface area contributed by atoms with Gasteiger partial charge in [-0.2, -0.15) is 0 Å². The summed E-state index contributed by atoms with van der Waals surface area (Å²) in [6.07, 6.45) is 14.4. The van der Waals surface area contributed by atoms with Gasteiger partial charge in [0.05, 0.1) is 0 Å². The van der Waals surface area contributed by atoms with Gasteiger partial charge in [0.1, 0.15) is 0 Å². The molecule has 0 spiro atoms. The summed E-state index contributed by atoms with van der Waals surface area (Å²) in [5.74, 6) is 0. The van der Waals surface area contributed by atoms with Gasteiger partial charge in [-0.25, -0.2) is 0 Å². The van der Waals surface area contributed by atoms with Crippen LogP contribution in [0.2, 0.25) is 0 Å². The molecular weight excluding hydrogens is 1020 g/mol. The van der Waals surface area contributed by atoms with Crippen LogP contribution in [0.1, 0.15) is 232 Å². The molecule has 0 fully saturated rings. The third-order valence-corrected chi connectivity index (χ3v) is 33.0. The highest BCUT2D eigenvalue weighted by Crippen LogP contribution is 2.62. The minimum Gasteiger partial charge on any atom is -0.0987 e. The molecule has 0 saturated heterocycles. The molecule has 0 saturated carbocycles. The highest BCUT2D eigenvalue weighted by Gasteiger charge is 2.59. The average Bonchev–Trinajstić information content (AvgIpc) is 3.79. The Balaban J connectivity index is 1.48. The van der Waals surface area contributed by atoms with Gasteiger partial charge in [0.2, 0.25) is 0 Å². The molecule has 0 amide bonds. The fourth-order valence-electron chi connectivity index (χ4n) is 15.3. The van der Waals surface area contributed by atoms with Crippen LogP contribution in [0.4, 0.5) is 0 Å². The lowest BCUT2D eigenvalue weighted by atomic mass is 9.72. The molecule has 3 aromatic carbocycles. The molecule has 60 heavy (non-hydrogen) atoms. The van der Waals surface area contributed by atoms with E-state index in [1.807, 2.05) is 0 Å². The van der Waals surface area contributed by atoms with E-state index in [2.05, 4.69) is 147 Å². The van der Waals surface area contributed by atoms with Crippen molar-refractivity contribution in [1.82, 2.24) is 0 Å². The molecule has 0 N–H and O–H groups in total. The molecule has 0 unspecified atom stereocenters. The maximum Gasteiger partial charge on any atom is 0.260 e. The van der Waals surface area contributed by atoms with Gasteiger partial charge in [0.25, 0.3) is 10.6 Å². The fraction of sp³-hybridized carbons (Fsp3) is 0.667. The molecule has 0 aliphatic heterocycles. The molecule has 330 valence electrons. The van der Waals surface area contributed by atoms with Crippen LogP contribution in [-0.2, 0) is 43.3 Å². The summed E-state index contributed by atoms with van der Waals surface area (Å²) in [7, 11) is 0. The quantitative estimate of drug-likeness (QED) is 0.125. The van der Waals surface area contributed by atoms with E-state index in [-0.39, 0.29) is 43.3 Å². The maximum absolute atomic E-state index is 4.70. The molecule has 6 heteroatoms. The van der Waals surface area contributed by atoms with E-state index in [9.17, 15) is 0 Å². The van der Waals surface area contributed by atoms with Crippen LogP contribution < -0.4 is 20.7 Å². The third-order valence-electron chi connectivity index (χ3n) is 18.4. The first-order valence-corrected chi connectivity index (χ1v) is 37.1. The summed E-state index contributed by atoms with van der Waals surface area (Å²) < 4.78 is 0. The molecule has 4 aliphatic carbocycles. The Hall–Kier alpha value is 0.0138. The van der Waals surface area contributed by atoms with Crippen LogP contribution >= 0.6 is 61.2 Å². The van der Waals surface area contributed by atoms with Gasteiger partial charge in [-0.1, -0.05) is 208 Å². The van der Waals surface area contributed by atoms with Crippen LogP contribution in [0, 0.1) is 0 Å². The molecule has 0 heterocycles. The van der Waals surface area contributed by atoms with Crippen LogP contribution in [0.3, 0.4) is 0 Å².